The van der Waals surface area contributed by atoms with Crippen LogP contribution in [0.2, 0.25) is 0 Å². The molecular formula is C14H20N2O3. The van der Waals surface area contributed by atoms with Crippen molar-refractivity contribution in [2.24, 2.45) is 0 Å². The highest BCUT2D eigenvalue weighted by molar-refractivity contribution is 5.98. The number of ether oxygens (including phenoxy) is 2. The summed E-state index contributed by atoms with van der Waals surface area (Å²) in [6.07, 6.45) is 2.09. The van der Waals surface area contributed by atoms with Gasteiger partial charge in [-0.2, -0.15) is 0 Å². The van der Waals surface area contributed by atoms with Gasteiger partial charge in [0, 0.05) is 12.6 Å². The van der Waals surface area contributed by atoms with Crippen molar-refractivity contribution in [2.75, 3.05) is 27.3 Å². The van der Waals surface area contributed by atoms with Crippen LogP contribution in [0.4, 0.5) is 0 Å². The second kappa shape index (κ2) is 6.43. The van der Waals surface area contributed by atoms with Crippen LogP contribution in [0.1, 0.15) is 23.2 Å². The van der Waals surface area contributed by atoms with Gasteiger partial charge in [-0.25, -0.2) is 0 Å². The lowest BCUT2D eigenvalue weighted by Gasteiger charge is -2.24. The summed E-state index contributed by atoms with van der Waals surface area (Å²) in [7, 11) is 3.10. The molecule has 1 aliphatic rings. The number of carbonyl (C=O) groups excluding carboxylic acids is 1. The van der Waals surface area contributed by atoms with Gasteiger partial charge in [0.2, 0.25) is 0 Å². The Bertz CT molecular complexity index is 442. The van der Waals surface area contributed by atoms with Crippen LogP contribution in [-0.4, -0.2) is 39.3 Å². The molecule has 1 aliphatic heterocycles. The lowest BCUT2D eigenvalue weighted by Crippen LogP contribution is -2.45. The first-order valence-corrected chi connectivity index (χ1v) is 6.49. The number of carbonyl (C=O) groups is 1. The molecule has 2 N–H and O–H groups in total. The molecule has 1 fully saturated rings. The van der Waals surface area contributed by atoms with Gasteiger partial charge in [-0.15, -0.1) is 0 Å². The third-order valence-electron chi connectivity index (χ3n) is 3.28. The van der Waals surface area contributed by atoms with Gasteiger partial charge >= 0.3 is 0 Å². The minimum atomic E-state index is -0.121. The fraction of sp³-hybridized carbons (Fsp3) is 0.500. The van der Waals surface area contributed by atoms with Crippen molar-refractivity contribution >= 4 is 5.91 Å². The van der Waals surface area contributed by atoms with Crippen LogP contribution in [0.5, 0.6) is 11.5 Å². The van der Waals surface area contributed by atoms with Crippen LogP contribution in [0.3, 0.4) is 0 Å². The number of para-hydroxylation sites is 1. The number of hydrogen-bond acceptors (Lipinski definition) is 4. The molecule has 1 atom stereocenters. The standard InChI is InChI=1S/C14H20N2O3/c1-18-12-7-3-6-11(13(12)19-2)14(17)16-10-5-4-8-15-9-10/h3,6-7,10,15H,4-5,8-9H2,1-2H3,(H,16,17)/t10-/m1/s1. The molecule has 1 heterocycles. The van der Waals surface area contributed by atoms with Crippen molar-refractivity contribution in [2.45, 2.75) is 18.9 Å². The predicted octanol–water partition coefficient (Wildman–Crippen LogP) is 1.19. The van der Waals surface area contributed by atoms with E-state index in [9.17, 15) is 4.79 Å². The van der Waals surface area contributed by atoms with E-state index in [-0.39, 0.29) is 11.9 Å². The zero-order chi connectivity index (χ0) is 13.7. The molecule has 0 aliphatic carbocycles. The number of rotatable bonds is 4. The number of benzene rings is 1. The highest BCUT2D eigenvalue weighted by Crippen LogP contribution is 2.30. The molecule has 1 aromatic rings. The summed E-state index contributed by atoms with van der Waals surface area (Å²) in [5, 5.41) is 6.30. The number of amides is 1. The fourth-order valence-corrected chi connectivity index (χ4v) is 2.30. The van der Waals surface area contributed by atoms with Gasteiger partial charge in [-0.05, 0) is 31.5 Å². The fourth-order valence-electron chi connectivity index (χ4n) is 2.30. The van der Waals surface area contributed by atoms with E-state index in [0.29, 0.717) is 17.1 Å². The van der Waals surface area contributed by atoms with Crippen LogP contribution in [0, 0.1) is 0 Å². The third kappa shape index (κ3) is 3.17. The maximum atomic E-state index is 12.3. The Labute approximate surface area is 113 Å². The molecule has 1 aromatic carbocycles. The number of hydrogen-bond donors (Lipinski definition) is 2. The maximum absolute atomic E-state index is 12.3. The Balaban J connectivity index is 2.13. The van der Waals surface area contributed by atoms with Gasteiger partial charge in [-0.3, -0.25) is 4.79 Å². The summed E-state index contributed by atoms with van der Waals surface area (Å²) < 4.78 is 10.5. The Morgan fingerprint density at radius 3 is 2.84 bits per heavy atom. The van der Waals surface area contributed by atoms with E-state index < -0.39 is 0 Å². The monoisotopic (exact) mass is 264 g/mol. The van der Waals surface area contributed by atoms with Gasteiger partial charge in [0.15, 0.2) is 11.5 Å². The molecule has 0 radical (unpaired) electrons. The number of nitrogens with one attached hydrogen (secondary N) is 2. The summed E-state index contributed by atoms with van der Waals surface area (Å²) in [4.78, 5) is 12.3. The number of piperidine rings is 1. The summed E-state index contributed by atoms with van der Waals surface area (Å²) >= 11 is 0. The normalized spacial score (nSPS) is 18.7. The van der Waals surface area contributed by atoms with E-state index in [0.717, 1.165) is 25.9 Å². The molecule has 104 valence electrons. The SMILES string of the molecule is COc1cccc(C(=O)N[C@@H]2CCCNC2)c1OC. The van der Waals surface area contributed by atoms with E-state index in [1.807, 2.05) is 0 Å². The topological polar surface area (TPSA) is 59.6 Å². The van der Waals surface area contributed by atoms with Crippen LogP contribution in [0.25, 0.3) is 0 Å². The molecule has 0 unspecified atom stereocenters. The first-order chi connectivity index (χ1) is 9.26. The molecule has 19 heavy (non-hydrogen) atoms. The Morgan fingerprint density at radius 2 is 2.21 bits per heavy atom. The molecule has 0 saturated carbocycles. The molecule has 5 nitrogen and oxygen atoms in total. The van der Waals surface area contributed by atoms with Gasteiger partial charge in [0.05, 0.1) is 19.8 Å². The van der Waals surface area contributed by atoms with Gasteiger partial charge in [-0.1, -0.05) is 6.07 Å². The van der Waals surface area contributed by atoms with Crippen molar-refractivity contribution in [1.82, 2.24) is 10.6 Å². The van der Waals surface area contributed by atoms with Gasteiger partial charge < -0.3 is 20.1 Å². The quantitative estimate of drug-likeness (QED) is 0.857. The van der Waals surface area contributed by atoms with Crippen molar-refractivity contribution < 1.29 is 14.3 Å². The van der Waals surface area contributed by atoms with Crippen LogP contribution in [-0.2, 0) is 0 Å². The van der Waals surface area contributed by atoms with Crippen LogP contribution < -0.4 is 20.1 Å². The van der Waals surface area contributed by atoms with Gasteiger partial charge in [0.1, 0.15) is 0 Å². The first kappa shape index (κ1) is 13.7. The second-order valence-corrected chi connectivity index (χ2v) is 4.56. The Hall–Kier alpha value is -1.75. The van der Waals surface area contributed by atoms with Crippen molar-refractivity contribution in [3.63, 3.8) is 0 Å². The average Bonchev–Trinajstić information content (AvgIpc) is 2.47. The zero-order valence-corrected chi connectivity index (χ0v) is 11.4. The third-order valence-corrected chi connectivity index (χ3v) is 3.28. The van der Waals surface area contributed by atoms with E-state index in [2.05, 4.69) is 10.6 Å². The molecule has 0 bridgehead atoms. The minimum Gasteiger partial charge on any atom is -0.493 e. The van der Waals surface area contributed by atoms with Crippen molar-refractivity contribution in [3.05, 3.63) is 23.8 Å². The largest absolute Gasteiger partial charge is 0.493 e. The van der Waals surface area contributed by atoms with E-state index in [1.165, 1.54) is 7.11 Å². The van der Waals surface area contributed by atoms with Gasteiger partial charge in [0.25, 0.3) is 5.91 Å². The highest BCUT2D eigenvalue weighted by atomic mass is 16.5. The minimum absolute atomic E-state index is 0.121. The summed E-state index contributed by atoms with van der Waals surface area (Å²) in [5.74, 6) is 0.924. The van der Waals surface area contributed by atoms with Crippen LogP contribution in [0.15, 0.2) is 18.2 Å². The summed E-state index contributed by atoms with van der Waals surface area (Å²) in [6, 6.07) is 5.48. The van der Waals surface area contributed by atoms with Crippen molar-refractivity contribution in [1.29, 1.82) is 0 Å². The summed E-state index contributed by atoms with van der Waals surface area (Å²) in [5.41, 5.74) is 0.507. The molecule has 0 spiro atoms. The highest BCUT2D eigenvalue weighted by Gasteiger charge is 2.20. The van der Waals surface area contributed by atoms with E-state index in [4.69, 9.17) is 9.47 Å². The van der Waals surface area contributed by atoms with E-state index >= 15 is 0 Å². The Morgan fingerprint density at radius 1 is 1.37 bits per heavy atom. The number of methoxy groups -OCH3 is 2. The molecule has 5 heteroatoms. The second-order valence-electron chi connectivity index (χ2n) is 4.56. The van der Waals surface area contributed by atoms with Crippen LogP contribution >= 0.6 is 0 Å². The molecule has 1 amide bonds. The molecular weight excluding hydrogens is 244 g/mol. The maximum Gasteiger partial charge on any atom is 0.255 e. The smallest absolute Gasteiger partial charge is 0.255 e. The van der Waals surface area contributed by atoms with Crippen molar-refractivity contribution in [3.8, 4) is 11.5 Å². The molecule has 2 rings (SSSR count). The summed E-state index contributed by atoms with van der Waals surface area (Å²) in [6.45, 7) is 1.84. The lowest BCUT2D eigenvalue weighted by molar-refractivity contribution is 0.0927. The first-order valence-electron chi connectivity index (χ1n) is 6.49. The lowest BCUT2D eigenvalue weighted by atomic mass is 10.1. The predicted molar refractivity (Wildman–Crippen MR) is 72.9 cm³/mol. The zero-order valence-electron chi connectivity index (χ0n) is 11.4. The average molecular weight is 264 g/mol. The molecule has 0 aromatic heterocycles. The van der Waals surface area contributed by atoms with E-state index in [1.54, 1.807) is 25.3 Å². The molecule has 1 saturated heterocycles. The Kier molecular flexibility index (Phi) is 4.63.